The van der Waals surface area contributed by atoms with Gasteiger partial charge in [-0.3, -0.25) is 14.9 Å². The minimum atomic E-state index is -0.459. The van der Waals surface area contributed by atoms with E-state index in [9.17, 15) is 14.9 Å². The molecule has 2 aromatic carbocycles. The summed E-state index contributed by atoms with van der Waals surface area (Å²) in [5, 5.41) is 11.3. The van der Waals surface area contributed by atoms with Crippen molar-refractivity contribution in [2.45, 2.75) is 13.5 Å². The molecule has 0 atom stereocenters. The van der Waals surface area contributed by atoms with Gasteiger partial charge in [-0.2, -0.15) is 0 Å². The van der Waals surface area contributed by atoms with Gasteiger partial charge in [0.25, 0.3) is 11.6 Å². The van der Waals surface area contributed by atoms with Crippen LogP contribution in [0.5, 0.6) is 0 Å². The predicted molar refractivity (Wildman–Crippen MR) is 94.3 cm³/mol. The Balaban J connectivity index is 2.30. The van der Waals surface area contributed by atoms with Gasteiger partial charge in [-0.15, -0.1) is 0 Å². The molecule has 1 amide bonds. The maximum atomic E-state index is 12.7. The van der Waals surface area contributed by atoms with E-state index in [0.29, 0.717) is 24.3 Å². The van der Waals surface area contributed by atoms with Crippen LogP contribution in [0, 0.1) is 10.1 Å². The highest BCUT2D eigenvalue weighted by molar-refractivity contribution is 5.95. The van der Waals surface area contributed by atoms with E-state index in [0.717, 1.165) is 5.56 Å². The highest BCUT2D eigenvalue weighted by atomic mass is 16.6. The molecule has 0 aromatic heterocycles. The van der Waals surface area contributed by atoms with Crippen molar-refractivity contribution < 1.29 is 9.72 Å². The summed E-state index contributed by atoms with van der Waals surface area (Å²) < 4.78 is 0. The van der Waals surface area contributed by atoms with Crippen LogP contribution in [-0.2, 0) is 6.54 Å². The summed E-state index contributed by atoms with van der Waals surface area (Å²) in [5.74, 6) is -0.213. The van der Waals surface area contributed by atoms with Crippen LogP contribution in [0.1, 0.15) is 22.8 Å². The van der Waals surface area contributed by atoms with Crippen LogP contribution in [0.3, 0.4) is 0 Å². The largest absolute Gasteiger partial charge is 0.372 e. The van der Waals surface area contributed by atoms with Gasteiger partial charge in [-0.25, -0.2) is 0 Å². The first-order valence-electron chi connectivity index (χ1n) is 7.73. The van der Waals surface area contributed by atoms with Crippen molar-refractivity contribution in [3.8, 4) is 0 Å². The number of hydrogen-bond donors (Lipinski definition) is 0. The fourth-order valence-corrected chi connectivity index (χ4v) is 2.49. The maximum absolute atomic E-state index is 12.7. The summed E-state index contributed by atoms with van der Waals surface area (Å²) in [6.45, 7) is 2.89. The molecule has 6 heteroatoms. The number of carbonyl (C=O) groups excluding carboxylic acids is 1. The first kappa shape index (κ1) is 17.5. The van der Waals surface area contributed by atoms with Crippen molar-refractivity contribution in [3.05, 3.63) is 69.8 Å². The van der Waals surface area contributed by atoms with Gasteiger partial charge >= 0.3 is 0 Å². The fraction of sp³-hybridized carbons (Fsp3) is 0.278. The van der Waals surface area contributed by atoms with Crippen LogP contribution >= 0.6 is 0 Å². The Hall–Kier alpha value is -2.89. The fourth-order valence-electron chi connectivity index (χ4n) is 2.49. The van der Waals surface area contributed by atoms with Crippen molar-refractivity contribution in [3.63, 3.8) is 0 Å². The predicted octanol–water partition coefficient (Wildman–Crippen LogP) is 3.32. The SMILES string of the molecule is CCN(Cc1ccccc1)C(=O)c1ccc(N(C)C)c([N+](=O)[O-])c1. The molecule has 0 aliphatic rings. The van der Waals surface area contributed by atoms with E-state index in [2.05, 4.69) is 0 Å². The van der Waals surface area contributed by atoms with Gasteiger partial charge in [-0.1, -0.05) is 30.3 Å². The van der Waals surface area contributed by atoms with Crippen LogP contribution in [0.25, 0.3) is 0 Å². The second-order valence-corrected chi connectivity index (χ2v) is 5.66. The normalized spacial score (nSPS) is 10.3. The lowest BCUT2D eigenvalue weighted by Gasteiger charge is -2.21. The zero-order chi connectivity index (χ0) is 17.7. The van der Waals surface area contributed by atoms with Crippen molar-refractivity contribution >= 4 is 17.3 Å². The van der Waals surface area contributed by atoms with E-state index in [1.807, 2.05) is 37.3 Å². The molecule has 0 bridgehead atoms. The van der Waals surface area contributed by atoms with Crippen LogP contribution in [0.15, 0.2) is 48.5 Å². The first-order valence-corrected chi connectivity index (χ1v) is 7.73. The van der Waals surface area contributed by atoms with Gasteiger partial charge in [-0.05, 0) is 24.6 Å². The lowest BCUT2D eigenvalue weighted by molar-refractivity contribution is -0.384. The summed E-state index contributed by atoms with van der Waals surface area (Å²) >= 11 is 0. The van der Waals surface area contributed by atoms with Crippen molar-refractivity contribution in [1.29, 1.82) is 0 Å². The van der Waals surface area contributed by atoms with Crippen molar-refractivity contribution in [1.82, 2.24) is 4.90 Å². The van der Waals surface area contributed by atoms with E-state index in [1.54, 1.807) is 36.0 Å². The molecule has 24 heavy (non-hydrogen) atoms. The minimum absolute atomic E-state index is 0.0679. The summed E-state index contributed by atoms with van der Waals surface area (Å²) in [5.41, 5.74) is 1.75. The second-order valence-electron chi connectivity index (χ2n) is 5.66. The smallest absolute Gasteiger partial charge is 0.293 e. The van der Waals surface area contributed by atoms with E-state index >= 15 is 0 Å². The lowest BCUT2D eigenvalue weighted by atomic mass is 10.1. The zero-order valence-corrected chi connectivity index (χ0v) is 14.1. The standard InChI is InChI=1S/C18H21N3O3/c1-4-20(13-14-8-6-5-7-9-14)18(22)15-10-11-16(19(2)3)17(12-15)21(23)24/h5-12H,4,13H2,1-3H3. The summed E-state index contributed by atoms with van der Waals surface area (Å²) in [7, 11) is 3.47. The molecule has 0 saturated heterocycles. The van der Waals surface area contributed by atoms with Crippen LogP contribution in [0.2, 0.25) is 0 Å². The molecular formula is C18H21N3O3. The van der Waals surface area contributed by atoms with E-state index in [-0.39, 0.29) is 11.6 Å². The van der Waals surface area contributed by atoms with E-state index in [4.69, 9.17) is 0 Å². The molecule has 0 saturated carbocycles. The average molecular weight is 327 g/mol. The molecule has 2 rings (SSSR count). The van der Waals surface area contributed by atoms with Gasteiger partial charge in [0.05, 0.1) is 4.92 Å². The average Bonchev–Trinajstić information content (AvgIpc) is 2.59. The number of nitro benzene ring substituents is 1. The van der Waals surface area contributed by atoms with Crippen LogP contribution < -0.4 is 4.90 Å². The summed E-state index contributed by atoms with van der Waals surface area (Å²) in [6.07, 6.45) is 0. The van der Waals surface area contributed by atoms with Gasteiger partial charge in [0, 0.05) is 38.8 Å². The molecule has 0 aliphatic heterocycles. The van der Waals surface area contributed by atoms with Gasteiger partial charge in [0.15, 0.2) is 0 Å². The summed E-state index contributed by atoms with van der Waals surface area (Å²) in [6, 6.07) is 14.3. The van der Waals surface area contributed by atoms with Crippen molar-refractivity contribution in [2.75, 3.05) is 25.5 Å². The number of benzene rings is 2. The molecule has 0 radical (unpaired) electrons. The molecule has 0 heterocycles. The summed E-state index contributed by atoms with van der Waals surface area (Å²) in [4.78, 5) is 26.9. The number of carbonyl (C=O) groups is 1. The van der Waals surface area contributed by atoms with Gasteiger partial charge in [0.2, 0.25) is 0 Å². The van der Waals surface area contributed by atoms with Crippen molar-refractivity contribution in [2.24, 2.45) is 0 Å². The van der Waals surface area contributed by atoms with Crippen LogP contribution in [0.4, 0.5) is 11.4 Å². The third kappa shape index (κ3) is 3.90. The number of nitrogens with zero attached hydrogens (tertiary/aromatic N) is 3. The third-order valence-corrected chi connectivity index (χ3v) is 3.79. The molecule has 0 fully saturated rings. The molecule has 126 valence electrons. The molecular weight excluding hydrogens is 306 g/mol. The minimum Gasteiger partial charge on any atom is -0.372 e. The highest BCUT2D eigenvalue weighted by Crippen LogP contribution is 2.28. The Morgan fingerprint density at radius 3 is 2.33 bits per heavy atom. The monoisotopic (exact) mass is 327 g/mol. The van der Waals surface area contributed by atoms with Gasteiger partial charge in [0.1, 0.15) is 5.69 Å². The van der Waals surface area contributed by atoms with Gasteiger partial charge < -0.3 is 9.80 Å². The Morgan fingerprint density at radius 2 is 1.79 bits per heavy atom. The lowest BCUT2D eigenvalue weighted by Crippen LogP contribution is -2.30. The number of nitro groups is 1. The molecule has 6 nitrogen and oxygen atoms in total. The van der Waals surface area contributed by atoms with E-state index in [1.165, 1.54) is 6.07 Å². The Kier molecular flexibility index (Phi) is 5.52. The number of rotatable bonds is 6. The molecule has 0 aliphatic carbocycles. The topological polar surface area (TPSA) is 66.7 Å². The molecule has 0 N–H and O–H groups in total. The van der Waals surface area contributed by atoms with Crippen LogP contribution in [-0.4, -0.2) is 36.4 Å². The quantitative estimate of drug-likeness (QED) is 0.603. The highest BCUT2D eigenvalue weighted by Gasteiger charge is 2.21. The second kappa shape index (κ2) is 7.59. The Bertz CT molecular complexity index is 730. The molecule has 2 aromatic rings. The molecule has 0 unspecified atom stereocenters. The Labute approximate surface area is 141 Å². The number of amides is 1. The number of hydrogen-bond acceptors (Lipinski definition) is 4. The zero-order valence-electron chi connectivity index (χ0n) is 14.1. The third-order valence-electron chi connectivity index (χ3n) is 3.79. The molecule has 0 spiro atoms. The maximum Gasteiger partial charge on any atom is 0.293 e. The van der Waals surface area contributed by atoms with E-state index < -0.39 is 4.92 Å². The Morgan fingerprint density at radius 1 is 1.12 bits per heavy atom. The number of anilines is 1. The first-order chi connectivity index (χ1) is 11.4.